The van der Waals surface area contributed by atoms with Crippen molar-refractivity contribution in [3.8, 4) is 0 Å². The van der Waals surface area contributed by atoms with E-state index >= 15 is 0 Å². The molecule has 0 spiro atoms. The van der Waals surface area contributed by atoms with Gasteiger partial charge in [0.2, 0.25) is 0 Å². The van der Waals surface area contributed by atoms with E-state index in [4.69, 9.17) is 0 Å². The molecule has 0 radical (unpaired) electrons. The highest BCUT2D eigenvalue weighted by molar-refractivity contribution is 6.07. The van der Waals surface area contributed by atoms with Gasteiger partial charge >= 0.3 is 0 Å². The molecule has 0 atom stereocenters. The molecular weight excluding hydrogens is 233 g/mol. The topological polar surface area (TPSA) is 54.0 Å². The Bertz CT molecular complexity index is 572. The van der Waals surface area contributed by atoms with Gasteiger partial charge in [0, 0.05) is 18.9 Å². The van der Waals surface area contributed by atoms with Gasteiger partial charge in [0.1, 0.15) is 5.82 Å². The van der Waals surface area contributed by atoms with Crippen LogP contribution in [-0.4, -0.2) is 17.9 Å². The maximum absolute atomic E-state index is 13.0. The van der Waals surface area contributed by atoms with Gasteiger partial charge in [-0.15, -0.1) is 0 Å². The molecule has 0 bridgehead atoms. The predicted octanol–water partition coefficient (Wildman–Crippen LogP) is 2.51. The van der Waals surface area contributed by atoms with E-state index in [2.05, 4.69) is 15.6 Å². The number of rotatable bonds is 3. The molecule has 0 unspecified atom stereocenters. The lowest BCUT2D eigenvalue weighted by molar-refractivity contribution is 0.102. The monoisotopic (exact) mass is 245 g/mol. The van der Waals surface area contributed by atoms with Gasteiger partial charge in [0.15, 0.2) is 0 Å². The van der Waals surface area contributed by atoms with Crippen LogP contribution in [0.1, 0.15) is 10.4 Å². The van der Waals surface area contributed by atoms with Gasteiger partial charge in [0.25, 0.3) is 5.91 Å². The number of anilines is 2. The van der Waals surface area contributed by atoms with Crippen LogP contribution < -0.4 is 10.6 Å². The molecule has 0 fully saturated rings. The van der Waals surface area contributed by atoms with Crippen molar-refractivity contribution in [3.63, 3.8) is 0 Å². The van der Waals surface area contributed by atoms with Crippen LogP contribution in [0.3, 0.4) is 0 Å². The molecule has 0 aliphatic heterocycles. The molecular formula is C13H12FN3O. The molecule has 4 nitrogen and oxygen atoms in total. The van der Waals surface area contributed by atoms with Crippen LogP contribution >= 0.6 is 0 Å². The number of hydrogen-bond donors (Lipinski definition) is 2. The molecule has 1 aromatic heterocycles. The van der Waals surface area contributed by atoms with Crippen molar-refractivity contribution in [2.24, 2.45) is 0 Å². The third-order valence-corrected chi connectivity index (χ3v) is 2.42. The molecule has 0 aliphatic carbocycles. The molecule has 0 aliphatic rings. The maximum Gasteiger partial charge on any atom is 0.257 e. The summed E-state index contributed by atoms with van der Waals surface area (Å²) >= 11 is 0. The van der Waals surface area contributed by atoms with Crippen molar-refractivity contribution >= 4 is 17.3 Å². The highest BCUT2D eigenvalue weighted by Gasteiger charge is 2.10. The Morgan fingerprint density at radius 1 is 1.33 bits per heavy atom. The average molecular weight is 245 g/mol. The van der Waals surface area contributed by atoms with Crippen LogP contribution in [0.15, 0.2) is 42.7 Å². The van der Waals surface area contributed by atoms with Crippen LogP contribution in [0.2, 0.25) is 0 Å². The number of carbonyl (C=O) groups is 1. The number of nitrogens with one attached hydrogen (secondary N) is 2. The molecule has 1 heterocycles. The minimum Gasteiger partial charge on any atom is -0.386 e. The lowest BCUT2D eigenvalue weighted by Crippen LogP contribution is -2.14. The molecule has 92 valence electrons. The summed E-state index contributed by atoms with van der Waals surface area (Å²) in [6.45, 7) is 0. The summed E-state index contributed by atoms with van der Waals surface area (Å²) in [4.78, 5) is 15.9. The zero-order valence-electron chi connectivity index (χ0n) is 9.77. The lowest BCUT2D eigenvalue weighted by atomic mass is 10.2. The predicted molar refractivity (Wildman–Crippen MR) is 68.1 cm³/mol. The van der Waals surface area contributed by atoms with Crippen molar-refractivity contribution in [1.29, 1.82) is 0 Å². The largest absolute Gasteiger partial charge is 0.386 e. The van der Waals surface area contributed by atoms with E-state index in [-0.39, 0.29) is 5.91 Å². The molecule has 2 N–H and O–H groups in total. The minimum atomic E-state index is -0.392. The smallest absolute Gasteiger partial charge is 0.257 e. The van der Waals surface area contributed by atoms with E-state index in [1.54, 1.807) is 25.4 Å². The number of hydrogen-bond acceptors (Lipinski definition) is 3. The van der Waals surface area contributed by atoms with Crippen LogP contribution in [0.25, 0.3) is 0 Å². The van der Waals surface area contributed by atoms with Crippen LogP contribution in [0.4, 0.5) is 15.8 Å². The first-order valence-electron chi connectivity index (χ1n) is 5.39. The number of pyridine rings is 1. The van der Waals surface area contributed by atoms with E-state index in [1.807, 2.05) is 0 Å². The Morgan fingerprint density at radius 2 is 2.17 bits per heavy atom. The van der Waals surface area contributed by atoms with Gasteiger partial charge in [-0.05, 0) is 24.3 Å². The summed E-state index contributed by atoms with van der Waals surface area (Å²) in [7, 11) is 1.70. The van der Waals surface area contributed by atoms with E-state index in [9.17, 15) is 9.18 Å². The first-order chi connectivity index (χ1) is 8.70. The summed E-state index contributed by atoms with van der Waals surface area (Å²) in [5.74, 6) is -0.705. The van der Waals surface area contributed by atoms with Crippen LogP contribution in [0, 0.1) is 5.82 Å². The van der Waals surface area contributed by atoms with Crippen LogP contribution in [0.5, 0.6) is 0 Å². The molecule has 0 saturated heterocycles. The fourth-order valence-electron chi connectivity index (χ4n) is 1.56. The van der Waals surface area contributed by atoms with Gasteiger partial charge in [-0.25, -0.2) is 4.39 Å². The van der Waals surface area contributed by atoms with Crippen molar-refractivity contribution in [2.75, 3.05) is 17.7 Å². The lowest BCUT2D eigenvalue weighted by Gasteiger charge is -2.09. The van der Waals surface area contributed by atoms with Crippen molar-refractivity contribution < 1.29 is 9.18 Å². The fourth-order valence-corrected chi connectivity index (χ4v) is 1.56. The molecule has 2 rings (SSSR count). The molecule has 5 heteroatoms. The van der Waals surface area contributed by atoms with Crippen LogP contribution in [-0.2, 0) is 0 Å². The SMILES string of the molecule is CNc1cnccc1C(=O)Nc1cccc(F)c1. The third-order valence-electron chi connectivity index (χ3n) is 2.42. The van der Waals surface area contributed by atoms with E-state index in [1.165, 1.54) is 24.4 Å². The van der Waals surface area contributed by atoms with Gasteiger partial charge in [-0.2, -0.15) is 0 Å². The highest BCUT2D eigenvalue weighted by Crippen LogP contribution is 2.16. The quantitative estimate of drug-likeness (QED) is 0.873. The zero-order valence-corrected chi connectivity index (χ0v) is 9.77. The van der Waals surface area contributed by atoms with Gasteiger partial charge in [-0.3, -0.25) is 9.78 Å². The molecule has 18 heavy (non-hydrogen) atoms. The summed E-state index contributed by atoms with van der Waals surface area (Å²) in [6, 6.07) is 7.34. The van der Waals surface area contributed by atoms with Gasteiger partial charge in [-0.1, -0.05) is 6.07 Å². The molecule has 1 amide bonds. The Hall–Kier alpha value is -2.43. The normalized spacial score (nSPS) is 9.89. The van der Waals surface area contributed by atoms with E-state index < -0.39 is 5.82 Å². The van der Waals surface area contributed by atoms with E-state index in [0.717, 1.165) is 0 Å². The summed E-state index contributed by atoms with van der Waals surface area (Å²) in [5, 5.41) is 5.50. The van der Waals surface area contributed by atoms with Crippen molar-refractivity contribution in [3.05, 3.63) is 54.1 Å². The third kappa shape index (κ3) is 2.63. The standard InChI is InChI=1S/C13H12FN3O/c1-15-12-8-16-6-5-11(12)13(18)17-10-4-2-3-9(14)7-10/h2-8,15H,1H3,(H,17,18). The first-order valence-corrected chi connectivity index (χ1v) is 5.39. The first kappa shape index (κ1) is 12.0. The number of aromatic nitrogens is 1. The van der Waals surface area contributed by atoms with Gasteiger partial charge < -0.3 is 10.6 Å². The second-order valence-corrected chi connectivity index (χ2v) is 3.64. The number of halogens is 1. The molecule has 1 aromatic carbocycles. The maximum atomic E-state index is 13.0. The van der Waals surface area contributed by atoms with Gasteiger partial charge in [0.05, 0.1) is 17.4 Å². The number of nitrogens with zero attached hydrogens (tertiary/aromatic N) is 1. The Kier molecular flexibility index (Phi) is 3.52. The van der Waals surface area contributed by atoms with Crippen molar-refractivity contribution in [1.82, 2.24) is 4.98 Å². The summed E-state index contributed by atoms with van der Waals surface area (Å²) in [5.41, 5.74) is 1.49. The molecule has 2 aromatic rings. The second kappa shape index (κ2) is 5.27. The zero-order chi connectivity index (χ0) is 13.0. The number of amides is 1. The Labute approximate surface area is 104 Å². The molecule has 0 saturated carbocycles. The number of carbonyl (C=O) groups excluding carboxylic acids is 1. The minimum absolute atomic E-state index is 0.313. The fraction of sp³-hybridized carbons (Fsp3) is 0.0769. The second-order valence-electron chi connectivity index (χ2n) is 3.64. The van der Waals surface area contributed by atoms with Crippen molar-refractivity contribution in [2.45, 2.75) is 0 Å². The number of benzene rings is 1. The highest BCUT2D eigenvalue weighted by atomic mass is 19.1. The summed E-state index contributed by atoms with van der Waals surface area (Å²) < 4.78 is 13.0. The van der Waals surface area contributed by atoms with E-state index in [0.29, 0.717) is 16.9 Å². The Morgan fingerprint density at radius 3 is 2.89 bits per heavy atom. The summed E-state index contributed by atoms with van der Waals surface area (Å²) in [6.07, 6.45) is 3.09. The Balaban J connectivity index is 2.22. The average Bonchev–Trinajstić information content (AvgIpc) is 2.38.